The first-order valence-corrected chi connectivity index (χ1v) is 11.7. The molecule has 3 aromatic rings. The second-order valence-electron chi connectivity index (χ2n) is 7.96. The third-order valence-corrected chi connectivity index (χ3v) is 5.38. The van der Waals surface area contributed by atoms with Gasteiger partial charge in [-0.05, 0) is 60.5 Å². The number of rotatable bonds is 10. The number of barbiturate groups is 1. The van der Waals surface area contributed by atoms with E-state index in [0.29, 0.717) is 48.3 Å². The van der Waals surface area contributed by atoms with Gasteiger partial charge in [-0.1, -0.05) is 49.1 Å². The topological polar surface area (TPSA) is 94.2 Å². The molecule has 4 amide bonds. The Morgan fingerprint density at radius 3 is 2.35 bits per heavy atom. The fourth-order valence-electron chi connectivity index (χ4n) is 3.64. The van der Waals surface area contributed by atoms with Crippen molar-refractivity contribution in [1.29, 1.82) is 0 Å². The predicted octanol–water partition coefficient (Wildman–Crippen LogP) is 4.90. The number of benzene rings is 3. The van der Waals surface area contributed by atoms with Crippen LogP contribution < -0.4 is 24.4 Å². The summed E-state index contributed by atoms with van der Waals surface area (Å²) in [7, 11) is 0. The number of imide groups is 2. The number of anilines is 1. The van der Waals surface area contributed by atoms with Crippen LogP contribution >= 0.6 is 0 Å². The number of nitrogens with one attached hydrogen (secondary N) is 1. The number of hydrogen-bond acceptors (Lipinski definition) is 6. The van der Waals surface area contributed by atoms with Crippen LogP contribution in [0.2, 0.25) is 0 Å². The van der Waals surface area contributed by atoms with E-state index >= 15 is 0 Å². The summed E-state index contributed by atoms with van der Waals surface area (Å²) in [6, 6.07) is 20.4. The number of urea groups is 1. The Hall–Kier alpha value is -4.85. The molecule has 0 unspecified atom stereocenters. The SMILES string of the molecule is C=CCOc1ccc(/C=C2\C(=O)NC(=O)N(c3ccc(OCc4ccccc4)cc3)C2=O)cc1OCC. The van der Waals surface area contributed by atoms with Crippen LogP contribution in [0.5, 0.6) is 17.2 Å². The van der Waals surface area contributed by atoms with Crippen molar-refractivity contribution < 1.29 is 28.6 Å². The molecular weight excluding hydrogens is 472 g/mol. The van der Waals surface area contributed by atoms with E-state index in [1.807, 2.05) is 37.3 Å². The lowest BCUT2D eigenvalue weighted by molar-refractivity contribution is -0.122. The van der Waals surface area contributed by atoms with Gasteiger partial charge in [-0.25, -0.2) is 9.69 Å². The van der Waals surface area contributed by atoms with Crippen molar-refractivity contribution in [2.75, 3.05) is 18.1 Å². The van der Waals surface area contributed by atoms with E-state index in [0.717, 1.165) is 10.5 Å². The van der Waals surface area contributed by atoms with E-state index < -0.39 is 17.8 Å². The van der Waals surface area contributed by atoms with E-state index in [-0.39, 0.29) is 5.57 Å². The number of nitrogens with zero attached hydrogens (tertiary/aromatic N) is 1. The Balaban J connectivity index is 1.55. The molecule has 0 radical (unpaired) electrons. The van der Waals surface area contributed by atoms with Gasteiger partial charge >= 0.3 is 6.03 Å². The standard InChI is InChI=1S/C29H26N2O6/c1-3-16-36-25-15-10-21(18-26(25)35-4-2)17-24-27(32)30-29(34)31(28(24)33)22-11-13-23(14-12-22)37-19-20-8-6-5-7-9-20/h3,5-15,17-18H,1,4,16,19H2,2H3,(H,30,32,34)/b24-17+. The summed E-state index contributed by atoms with van der Waals surface area (Å²) in [5.74, 6) is 0.0262. The van der Waals surface area contributed by atoms with Crippen molar-refractivity contribution in [2.24, 2.45) is 0 Å². The molecule has 8 heteroatoms. The minimum absolute atomic E-state index is 0.189. The van der Waals surface area contributed by atoms with Crippen LogP contribution in [0.3, 0.4) is 0 Å². The van der Waals surface area contributed by atoms with Gasteiger partial charge in [-0.3, -0.25) is 14.9 Å². The van der Waals surface area contributed by atoms with Crippen LogP contribution in [0.25, 0.3) is 6.08 Å². The molecule has 1 aliphatic heterocycles. The van der Waals surface area contributed by atoms with Gasteiger partial charge in [0.2, 0.25) is 0 Å². The monoisotopic (exact) mass is 498 g/mol. The summed E-state index contributed by atoms with van der Waals surface area (Å²) in [6.45, 7) is 6.55. The van der Waals surface area contributed by atoms with E-state index in [4.69, 9.17) is 14.2 Å². The summed E-state index contributed by atoms with van der Waals surface area (Å²) in [4.78, 5) is 39.3. The van der Waals surface area contributed by atoms with Crippen molar-refractivity contribution in [2.45, 2.75) is 13.5 Å². The van der Waals surface area contributed by atoms with Crippen molar-refractivity contribution in [1.82, 2.24) is 5.32 Å². The highest BCUT2D eigenvalue weighted by Crippen LogP contribution is 2.30. The average Bonchev–Trinajstić information content (AvgIpc) is 2.91. The molecule has 0 spiro atoms. The number of hydrogen-bond donors (Lipinski definition) is 1. The maximum Gasteiger partial charge on any atom is 0.335 e. The van der Waals surface area contributed by atoms with Gasteiger partial charge in [0, 0.05) is 0 Å². The van der Waals surface area contributed by atoms with E-state index in [1.165, 1.54) is 6.08 Å². The Bertz CT molecular complexity index is 1330. The third kappa shape index (κ3) is 6.05. The van der Waals surface area contributed by atoms with Gasteiger partial charge in [-0.15, -0.1) is 0 Å². The molecule has 1 N–H and O–H groups in total. The number of carbonyl (C=O) groups excluding carboxylic acids is 3. The molecule has 0 aromatic heterocycles. The third-order valence-electron chi connectivity index (χ3n) is 5.38. The fourth-order valence-corrected chi connectivity index (χ4v) is 3.64. The van der Waals surface area contributed by atoms with Gasteiger partial charge in [0.25, 0.3) is 11.8 Å². The minimum atomic E-state index is -0.826. The van der Waals surface area contributed by atoms with Gasteiger partial charge in [0.05, 0.1) is 12.3 Å². The maximum absolute atomic E-state index is 13.2. The van der Waals surface area contributed by atoms with Gasteiger partial charge in [-0.2, -0.15) is 0 Å². The zero-order chi connectivity index (χ0) is 26.2. The van der Waals surface area contributed by atoms with Crippen LogP contribution in [0, 0.1) is 0 Å². The number of carbonyl (C=O) groups is 3. The smallest absolute Gasteiger partial charge is 0.335 e. The molecule has 0 atom stereocenters. The maximum atomic E-state index is 13.2. The number of ether oxygens (including phenoxy) is 3. The molecule has 1 fully saturated rings. The average molecular weight is 499 g/mol. The molecule has 188 valence electrons. The molecule has 4 rings (SSSR count). The van der Waals surface area contributed by atoms with Crippen LogP contribution in [0.1, 0.15) is 18.1 Å². The number of amides is 4. The highest BCUT2D eigenvalue weighted by atomic mass is 16.5. The molecule has 0 saturated carbocycles. The molecule has 0 aliphatic carbocycles. The highest BCUT2D eigenvalue weighted by Gasteiger charge is 2.36. The van der Waals surface area contributed by atoms with Crippen molar-refractivity contribution in [3.05, 3.63) is 102 Å². The second kappa shape index (κ2) is 11.7. The molecule has 1 heterocycles. The van der Waals surface area contributed by atoms with E-state index in [9.17, 15) is 14.4 Å². The second-order valence-corrected chi connectivity index (χ2v) is 7.96. The summed E-state index contributed by atoms with van der Waals surface area (Å²) in [5, 5.41) is 2.23. The van der Waals surface area contributed by atoms with Crippen LogP contribution in [-0.2, 0) is 16.2 Å². The minimum Gasteiger partial charge on any atom is -0.490 e. The molecule has 1 saturated heterocycles. The largest absolute Gasteiger partial charge is 0.490 e. The van der Waals surface area contributed by atoms with E-state index in [2.05, 4.69) is 11.9 Å². The first kappa shape index (κ1) is 25.2. The van der Waals surface area contributed by atoms with Gasteiger partial charge in [0.15, 0.2) is 11.5 Å². The lowest BCUT2D eigenvalue weighted by Gasteiger charge is -2.26. The molecule has 8 nitrogen and oxygen atoms in total. The van der Waals surface area contributed by atoms with Crippen LogP contribution in [0.15, 0.2) is 91.0 Å². The molecular formula is C29H26N2O6. The fraction of sp³-hybridized carbons (Fsp3) is 0.138. The normalized spacial score (nSPS) is 14.4. The lowest BCUT2D eigenvalue weighted by Crippen LogP contribution is -2.54. The summed E-state index contributed by atoms with van der Waals surface area (Å²) in [6.07, 6.45) is 3.03. The lowest BCUT2D eigenvalue weighted by atomic mass is 10.1. The highest BCUT2D eigenvalue weighted by molar-refractivity contribution is 6.39. The zero-order valence-corrected chi connectivity index (χ0v) is 20.3. The Labute approximate surface area is 214 Å². The summed E-state index contributed by atoms with van der Waals surface area (Å²) >= 11 is 0. The van der Waals surface area contributed by atoms with Crippen molar-refractivity contribution in [3.63, 3.8) is 0 Å². The van der Waals surface area contributed by atoms with Crippen LogP contribution in [-0.4, -0.2) is 31.1 Å². The Kier molecular flexibility index (Phi) is 8.00. The quantitative estimate of drug-likeness (QED) is 0.243. The van der Waals surface area contributed by atoms with E-state index in [1.54, 1.807) is 48.5 Å². The predicted molar refractivity (Wildman–Crippen MR) is 140 cm³/mol. The summed E-state index contributed by atoms with van der Waals surface area (Å²) in [5.41, 5.74) is 1.66. The molecule has 3 aromatic carbocycles. The molecule has 37 heavy (non-hydrogen) atoms. The Morgan fingerprint density at radius 2 is 1.65 bits per heavy atom. The van der Waals surface area contributed by atoms with Crippen molar-refractivity contribution in [3.8, 4) is 17.2 Å². The van der Waals surface area contributed by atoms with Crippen molar-refractivity contribution >= 4 is 29.6 Å². The Morgan fingerprint density at radius 1 is 0.892 bits per heavy atom. The zero-order valence-electron chi connectivity index (χ0n) is 20.3. The summed E-state index contributed by atoms with van der Waals surface area (Å²) < 4.78 is 17.0. The van der Waals surface area contributed by atoms with Gasteiger partial charge < -0.3 is 14.2 Å². The first-order chi connectivity index (χ1) is 18.0. The van der Waals surface area contributed by atoms with Gasteiger partial charge in [0.1, 0.15) is 24.5 Å². The molecule has 1 aliphatic rings. The first-order valence-electron chi connectivity index (χ1n) is 11.7. The van der Waals surface area contributed by atoms with Crippen LogP contribution in [0.4, 0.5) is 10.5 Å². The molecule has 0 bridgehead atoms.